The quantitative estimate of drug-likeness (QED) is 0.506. The summed E-state index contributed by atoms with van der Waals surface area (Å²) >= 11 is 0. The highest BCUT2D eigenvalue weighted by molar-refractivity contribution is 7.92. The third kappa shape index (κ3) is 5.32. The lowest BCUT2D eigenvalue weighted by molar-refractivity contribution is -0.176. The standard InChI is InChI=1S/C30H30F4N4O5S/c1-18-11-21(26(39)37-14-28(15-37)16-43-17-28)12-19(2)22(18)5-10-44(41,42)38-8-6-29(7-9-38)27(40)35-25(36-29)20-3-4-24(31)23(13-20)30(32,33)34/h3-5,10-13H,6-9,14-17H2,1-2H3,(H,35,36,40). The number of hydrogen-bond acceptors (Lipinski definition) is 6. The van der Waals surface area contributed by atoms with E-state index in [1.165, 1.54) is 10.4 Å². The lowest BCUT2D eigenvalue weighted by Crippen LogP contribution is -2.67. The van der Waals surface area contributed by atoms with Crippen molar-refractivity contribution in [2.75, 3.05) is 39.4 Å². The number of amides is 2. The second kappa shape index (κ2) is 10.5. The van der Waals surface area contributed by atoms with Crippen LogP contribution in [0.4, 0.5) is 17.6 Å². The van der Waals surface area contributed by atoms with E-state index in [4.69, 9.17) is 4.74 Å². The number of halogens is 4. The molecule has 2 aromatic carbocycles. The Kier molecular flexibility index (Phi) is 7.25. The van der Waals surface area contributed by atoms with Crippen LogP contribution in [0.25, 0.3) is 6.08 Å². The molecule has 6 rings (SSSR count). The molecule has 2 amide bonds. The molecule has 0 radical (unpaired) electrons. The lowest BCUT2D eigenvalue weighted by atomic mass is 9.77. The van der Waals surface area contributed by atoms with Crippen molar-refractivity contribution >= 4 is 33.7 Å². The van der Waals surface area contributed by atoms with Gasteiger partial charge >= 0.3 is 6.18 Å². The van der Waals surface area contributed by atoms with Gasteiger partial charge in [-0.25, -0.2) is 12.8 Å². The molecule has 1 N–H and O–H groups in total. The Hall–Kier alpha value is -3.62. The first-order chi connectivity index (χ1) is 20.6. The fraction of sp³-hybridized carbons (Fsp3) is 0.433. The summed E-state index contributed by atoms with van der Waals surface area (Å²) in [4.78, 5) is 32.0. The Balaban J connectivity index is 1.13. The molecule has 0 atom stereocenters. The van der Waals surface area contributed by atoms with Crippen molar-refractivity contribution in [3.63, 3.8) is 0 Å². The predicted octanol–water partition coefficient (Wildman–Crippen LogP) is 3.65. The molecule has 0 saturated carbocycles. The van der Waals surface area contributed by atoms with Crippen LogP contribution in [0.2, 0.25) is 0 Å². The topological polar surface area (TPSA) is 108 Å². The zero-order valence-electron chi connectivity index (χ0n) is 24.0. The number of aliphatic imine (C=N–C) groups is 1. The summed E-state index contributed by atoms with van der Waals surface area (Å²) in [5.74, 6) is -2.17. The number of carbonyl (C=O) groups is 2. The van der Waals surface area contributed by atoms with Crippen LogP contribution < -0.4 is 5.32 Å². The number of rotatable bonds is 5. The number of sulfonamides is 1. The van der Waals surface area contributed by atoms with Gasteiger partial charge in [-0.05, 0) is 79.8 Å². The first-order valence-electron chi connectivity index (χ1n) is 14.1. The number of nitrogens with zero attached hydrogens (tertiary/aromatic N) is 3. The van der Waals surface area contributed by atoms with Crippen molar-refractivity contribution in [3.8, 4) is 0 Å². The van der Waals surface area contributed by atoms with E-state index in [0.717, 1.165) is 22.6 Å². The number of nitrogens with one attached hydrogen (secondary N) is 1. The Morgan fingerprint density at radius 2 is 1.70 bits per heavy atom. The van der Waals surface area contributed by atoms with E-state index in [1.54, 1.807) is 17.0 Å². The first-order valence-corrected chi connectivity index (χ1v) is 15.6. The molecule has 0 unspecified atom stereocenters. The fourth-order valence-corrected chi connectivity index (χ4v) is 7.43. The highest BCUT2D eigenvalue weighted by Crippen LogP contribution is 2.39. The van der Waals surface area contributed by atoms with Crippen LogP contribution in [0.5, 0.6) is 0 Å². The van der Waals surface area contributed by atoms with Gasteiger partial charge in [0.05, 0.1) is 24.2 Å². The maximum Gasteiger partial charge on any atom is 0.419 e. The average molecular weight is 635 g/mol. The molecule has 14 heteroatoms. The number of aryl methyl sites for hydroxylation is 2. The smallest absolute Gasteiger partial charge is 0.380 e. The average Bonchev–Trinajstić information content (AvgIpc) is 3.21. The Morgan fingerprint density at radius 1 is 1.07 bits per heavy atom. The maximum absolute atomic E-state index is 13.7. The van der Waals surface area contributed by atoms with E-state index in [-0.39, 0.29) is 48.7 Å². The molecule has 44 heavy (non-hydrogen) atoms. The highest BCUT2D eigenvalue weighted by atomic mass is 32.2. The van der Waals surface area contributed by atoms with Gasteiger partial charge in [0, 0.05) is 42.7 Å². The molecule has 3 saturated heterocycles. The summed E-state index contributed by atoms with van der Waals surface area (Å²) < 4.78 is 86.2. The fourth-order valence-electron chi connectivity index (χ4n) is 6.26. The minimum atomic E-state index is -4.92. The normalized spacial score (nSPS) is 21.4. The largest absolute Gasteiger partial charge is 0.419 e. The summed E-state index contributed by atoms with van der Waals surface area (Å²) in [5.41, 5.74) is -0.0888. The number of amidine groups is 1. The molecule has 2 spiro atoms. The van der Waals surface area contributed by atoms with Crippen molar-refractivity contribution < 1.29 is 40.3 Å². The number of likely N-dealkylation sites (tertiary alicyclic amines) is 1. The van der Waals surface area contributed by atoms with Crippen LogP contribution in [0.1, 0.15) is 51.0 Å². The minimum absolute atomic E-state index is 0.0154. The van der Waals surface area contributed by atoms with Crippen LogP contribution in [-0.2, 0) is 25.7 Å². The van der Waals surface area contributed by atoms with Gasteiger partial charge in [0.2, 0.25) is 10.0 Å². The van der Waals surface area contributed by atoms with E-state index >= 15 is 0 Å². The molecular weight excluding hydrogens is 604 g/mol. The van der Waals surface area contributed by atoms with Gasteiger partial charge in [-0.2, -0.15) is 17.5 Å². The highest BCUT2D eigenvalue weighted by Gasteiger charge is 2.51. The van der Waals surface area contributed by atoms with Crippen molar-refractivity contribution in [1.29, 1.82) is 0 Å². The summed E-state index contributed by atoms with van der Waals surface area (Å²) in [6.07, 6.45) is -3.40. The molecule has 9 nitrogen and oxygen atoms in total. The van der Waals surface area contributed by atoms with Crippen molar-refractivity contribution in [3.05, 3.63) is 74.9 Å². The van der Waals surface area contributed by atoms with Crippen molar-refractivity contribution in [2.24, 2.45) is 10.4 Å². The van der Waals surface area contributed by atoms with E-state index < -0.39 is 39.0 Å². The zero-order chi connectivity index (χ0) is 31.7. The van der Waals surface area contributed by atoms with Gasteiger partial charge in [-0.15, -0.1) is 0 Å². The van der Waals surface area contributed by atoms with E-state index in [2.05, 4.69) is 10.3 Å². The van der Waals surface area contributed by atoms with Crippen LogP contribution in [0.3, 0.4) is 0 Å². The van der Waals surface area contributed by atoms with Crippen LogP contribution in [0.15, 0.2) is 40.7 Å². The Labute approximate surface area is 251 Å². The third-order valence-corrected chi connectivity index (χ3v) is 10.4. The van der Waals surface area contributed by atoms with E-state index in [9.17, 15) is 35.6 Å². The van der Waals surface area contributed by atoms with E-state index in [1.807, 2.05) is 13.8 Å². The van der Waals surface area contributed by atoms with Crippen LogP contribution in [0, 0.1) is 25.1 Å². The van der Waals surface area contributed by atoms with Crippen LogP contribution >= 0.6 is 0 Å². The van der Waals surface area contributed by atoms with Crippen molar-refractivity contribution in [1.82, 2.24) is 14.5 Å². The van der Waals surface area contributed by atoms with Gasteiger partial charge in [0.15, 0.2) is 0 Å². The predicted molar refractivity (Wildman–Crippen MR) is 153 cm³/mol. The molecular formula is C30H30F4N4O5S. The molecule has 0 aromatic heterocycles. The van der Waals surface area contributed by atoms with Gasteiger partial charge in [0.1, 0.15) is 17.2 Å². The Bertz CT molecular complexity index is 1690. The number of carbonyl (C=O) groups excluding carboxylic acids is 2. The lowest BCUT2D eigenvalue weighted by Gasteiger charge is -2.54. The molecule has 4 aliphatic rings. The SMILES string of the molecule is Cc1cc(C(=O)N2CC3(COC3)C2)cc(C)c1C=CS(=O)(=O)N1CCC2(CC1)N=C(c1ccc(F)c(C(F)(F)F)c1)NC2=O. The van der Waals surface area contributed by atoms with Crippen molar-refractivity contribution in [2.45, 2.75) is 38.4 Å². The molecule has 2 aromatic rings. The summed E-state index contributed by atoms with van der Waals surface area (Å²) in [7, 11) is -3.90. The van der Waals surface area contributed by atoms with E-state index in [0.29, 0.717) is 49.6 Å². The number of piperidine rings is 1. The number of benzene rings is 2. The Morgan fingerprint density at radius 3 is 2.27 bits per heavy atom. The third-order valence-electron chi connectivity index (χ3n) is 8.84. The van der Waals surface area contributed by atoms with Gasteiger partial charge in [0.25, 0.3) is 11.8 Å². The number of alkyl halides is 3. The molecule has 0 bridgehead atoms. The second-order valence-corrected chi connectivity index (χ2v) is 13.9. The van der Waals surface area contributed by atoms with Gasteiger partial charge < -0.3 is 15.0 Å². The number of hydrogen-bond donors (Lipinski definition) is 1. The summed E-state index contributed by atoms with van der Waals surface area (Å²) in [5, 5.41) is 3.58. The molecule has 3 fully saturated rings. The first kappa shape index (κ1) is 30.4. The summed E-state index contributed by atoms with van der Waals surface area (Å²) in [6, 6.07) is 5.86. The summed E-state index contributed by atoms with van der Waals surface area (Å²) in [6.45, 7) is 6.23. The minimum Gasteiger partial charge on any atom is -0.380 e. The number of ether oxygens (including phenoxy) is 1. The molecule has 4 aliphatic heterocycles. The van der Waals surface area contributed by atoms with Gasteiger partial charge in [-0.3, -0.25) is 14.6 Å². The zero-order valence-corrected chi connectivity index (χ0v) is 24.8. The van der Waals surface area contributed by atoms with Crippen LogP contribution in [-0.4, -0.2) is 80.2 Å². The maximum atomic E-state index is 13.7. The molecule has 0 aliphatic carbocycles. The second-order valence-electron chi connectivity index (χ2n) is 12.1. The molecule has 4 heterocycles. The monoisotopic (exact) mass is 634 g/mol. The van der Waals surface area contributed by atoms with Gasteiger partial charge in [-0.1, -0.05) is 0 Å². The molecule has 234 valence electrons.